The highest BCUT2D eigenvalue weighted by Gasteiger charge is 2.24. The first-order valence-electron chi connectivity index (χ1n) is 10.4. The van der Waals surface area contributed by atoms with Gasteiger partial charge in [-0.3, -0.25) is 10.4 Å². The normalized spacial score (nSPS) is 12.8. The molecule has 0 amide bonds. The monoisotopic (exact) mass is 421 g/mol. The third-order valence-corrected chi connectivity index (χ3v) is 5.73. The van der Waals surface area contributed by atoms with Crippen molar-refractivity contribution >= 4 is 39.4 Å². The fourth-order valence-electron chi connectivity index (χ4n) is 3.93. The maximum Gasteiger partial charge on any atom is 0.438 e. The van der Waals surface area contributed by atoms with Gasteiger partial charge in [0.25, 0.3) is 0 Å². The lowest BCUT2D eigenvalue weighted by Gasteiger charge is -2.11. The highest BCUT2D eigenvalue weighted by atomic mass is 16.4. The van der Waals surface area contributed by atoms with Crippen molar-refractivity contribution in [2.24, 2.45) is 5.73 Å². The van der Waals surface area contributed by atoms with E-state index in [1.165, 1.54) is 0 Å². The van der Waals surface area contributed by atoms with Crippen molar-refractivity contribution in [2.75, 3.05) is 0 Å². The minimum absolute atomic E-state index is 0.00244. The molecule has 1 unspecified atom stereocenters. The number of pyridine rings is 1. The Kier molecular flexibility index (Phi) is 4.95. The number of benzene rings is 3. The van der Waals surface area contributed by atoms with Gasteiger partial charge in [0.1, 0.15) is 0 Å². The first kappa shape index (κ1) is 19.6. The first-order chi connectivity index (χ1) is 15.6. The van der Waals surface area contributed by atoms with E-state index < -0.39 is 0 Å². The molecule has 1 atom stereocenters. The van der Waals surface area contributed by atoms with Crippen LogP contribution in [-0.4, -0.2) is 21.5 Å². The van der Waals surface area contributed by atoms with Gasteiger partial charge in [-0.05, 0) is 48.2 Å². The summed E-state index contributed by atoms with van der Waals surface area (Å²) in [5, 5.41) is 8.72. The van der Waals surface area contributed by atoms with Gasteiger partial charge in [0.2, 0.25) is 5.84 Å². The Hall–Kier alpha value is -4.32. The van der Waals surface area contributed by atoms with Gasteiger partial charge in [-0.1, -0.05) is 47.4 Å². The molecule has 5 rings (SSSR count). The number of nitrogens with one attached hydrogen (secondary N) is 1. The van der Waals surface area contributed by atoms with Crippen molar-refractivity contribution in [1.29, 1.82) is 0 Å². The predicted octanol–water partition coefficient (Wildman–Crippen LogP) is 1.85. The van der Waals surface area contributed by atoms with Gasteiger partial charge in [-0.25, -0.2) is 4.99 Å². The van der Waals surface area contributed by atoms with Gasteiger partial charge in [-0.2, -0.15) is 0 Å². The summed E-state index contributed by atoms with van der Waals surface area (Å²) in [5.41, 5.74) is 11.4. The Morgan fingerprint density at radius 1 is 0.938 bits per heavy atom. The topological polar surface area (TPSA) is 104 Å². The quantitative estimate of drug-likeness (QED) is 0.298. The van der Waals surface area contributed by atoms with Crippen LogP contribution in [0.15, 0.2) is 89.6 Å². The fraction of sp³-hybridized carbons (Fsp3) is 0.0769. The largest absolute Gasteiger partial charge is 0.438 e. The minimum atomic E-state index is 0.00244. The molecule has 3 aromatic carbocycles. The van der Waals surface area contributed by atoms with Crippen LogP contribution in [0.2, 0.25) is 0 Å². The van der Waals surface area contributed by atoms with Crippen LogP contribution < -0.4 is 16.1 Å². The number of fused-ring (bicyclic) bond motifs is 3. The zero-order chi connectivity index (χ0) is 22.1. The van der Waals surface area contributed by atoms with Gasteiger partial charge in [0.15, 0.2) is 16.8 Å². The second-order valence-corrected chi connectivity index (χ2v) is 7.69. The molecule has 0 aliphatic heterocycles. The second kappa shape index (κ2) is 8.07. The summed E-state index contributed by atoms with van der Waals surface area (Å²) in [7, 11) is 0. The first-order valence-corrected chi connectivity index (χ1v) is 10.4. The number of amidine groups is 1. The molecule has 0 saturated heterocycles. The zero-order valence-corrected chi connectivity index (χ0v) is 17.6. The van der Waals surface area contributed by atoms with Gasteiger partial charge in [-0.15, -0.1) is 0 Å². The van der Waals surface area contributed by atoms with Crippen LogP contribution in [0.4, 0.5) is 6.01 Å². The number of nitrogen functional groups attached to an aromatic ring is 1. The minimum Gasteiger partial charge on any atom is -0.398 e. The van der Waals surface area contributed by atoms with Crippen molar-refractivity contribution in [3.63, 3.8) is 0 Å². The molecular weight excluding hydrogens is 398 g/mol. The summed E-state index contributed by atoms with van der Waals surface area (Å²) in [5.74, 6) is 0.420. The SMILES string of the molecule is CC(C(=[NH2+])c1ccccc1/C(N)=[NH+]/c1nc2c(ccc3ccccc32)o1)c1ccncc1. The third-order valence-electron chi connectivity index (χ3n) is 5.73. The zero-order valence-electron chi connectivity index (χ0n) is 17.6. The fourth-order valence-corrected chi connectivity index (χ4v) is 3.93. The van der Waals surface area contributed by atoms with Crippen LogP contribution >= 0.6 is 0 Å². The third kappa shape index (κ3) is 3.52. The van der Waals surface area contributed by atoms with Crippen LogP contribution in [0.25, 0.3) is 21.9 Å². The van der Waals surface area contributed by atoms with E-state index in [0.29, 0.717) is 17.4 Å². The van der Waals surface area contributed by atoms with Crippen LogP contribution in [0.3, 0.4) is 0 Å². The Morgan fingerprint density at radius 2 is 1.66 bits per heavy atom. The van der Waals surface area contributed by atoms with Crippen molar-refractivity contribution in [3.8, 4) is 0 Å². The predicted molar refractivity (Wildman–Crippen MR) is 126 cm³/mol. The molecule has 0 spiro atoms. The molecular formula is C26H23N5O+2. The summed E-state index contributed by atoms with van der Waals surface area (Å²) in [6, 6.07) is 24.1. The molecule has 5 N–H and O–H groups in total. The lowest BCUT2D eigenvalue weighted by molar-refractivity contribution is -0.378. The van der Waals surface area contributed by atoms with Gasteiger partial charge in [0, 0.05) is 17.8 Å². The summed E-state index contributed by atoms with van der Waals surface area (Å²) >= 11 is 0. The van der Waals surface area contributed by atoms with Crippen molar-refractivity contribution in [3.05, 3.63) is 102 Å². The van der Waals surface area contributed by atoms with E-state index in [4.69, 9.17) is 15.6 Å². The van der Waals surface area contributed by atoms with Gasteiger partial charge >= 0.3 is 6.01 Å². The Labute approximate surface area is 185 Å². The summed E-state index contributed by atoms with van der Waals surface area (Å²) in [6.07, 6.45) is 3.54. The molecule has 6 heteroatoms. The number of nitrogens with zero attached hydrogens (tertiary/aromatic N) is 2. The molecule has 0 fully saturated rings. The van der Waals surface area contributed by atoms with Crippen molar-refractivity contribution < 1.29 is 14.8 Å². The maximum absolute atomic E-state index is 6.59. The smallest absolute Gasteiger partial charge is 0.398 e. The molecule has 0 radical (unpaired) electrons. The number of hydrogen-bond donors (Lipinski definition) is 3. The number of nitrogens with two attached hydrogens (primary N) is 2. The number of aromatic nitrogens is 2. The number of hydrogen-bond acceptors (Lipinski definition) is 3. The summed E-state index contributed by atoms with van der Waals surface area (Å²) < 4.78 is 5.92. The van der Waals surface area contributed by atoms with E-state index in [1.54, 1.807) is 12.4 Å². The molecule has 5 aromatic rings. The summed E-state index contributed by atoms with van der Waals surface area (Å²) in [4.78, 5) is 11.9. The maximum atomic E-state index is 6.59. The van der Waals surface area contributed by atoms with Crippen molar-refractivity contribution in [1.82, 2.24) is 9.97 Å². The van der Waals surface area contributed by atoms with Crippen LogP contribution in [-0.2, 0) is 0 Å². The standard InChI is InChI=1S/C26H21N5O/c1-16(17-12-14-29-15-13-17)23(27)20-8-4-5-9-21(20)25(28)31-26-30-24-19-7-3-2-6-18(19)10-11-22(24)32-26/h2-16,27H,1H3,(H2,28,30,31)/p+2. The second-order valence-electron chi connectivity index (χ2n) is 7.69. The van der Waals surface area contributed by atoms with Crippen molar-refractivity contribution in [2.45, 2.75) is 12.8 Å². The van der Waals surface area contributed by atoms with E-state index >= 15 is 0 Å². The Morgan fingerprint density at radius 3 is 2.47 bits per heavy atom. The Balaban J connectivity index is 1.53. The van der Waals surface area contributed by atoms with Gasteiger partial charge < -0.3 is 10.2 Å². The molecule has 6 nitrogen and oxygen atoms in total. The average Bonchev–Trinajstić information content (AvgIpc) is 3.26. The van der Waals surface area contributed by atoms with Crippen LogP contribution in [0, 0.1) is 0 Å². The molecule has 156 valence electrons. The highest BCUT2D eigenvalue weighted by Crippen LogP contribution is 2.26. The molecule has 2 aromatic heterocycles. The highest BCUT2D eigenvalue weighted by molar-refractivity contribution is 6.10. The number of oxazole rings is 1. The molecule has 0 aliphatic rings. The lowest BCUT2D eigenvalue weighted by Crippen LogP contribution is -2.70. The molecule has 2 heterocycles. The van der Waals surface area contributed by atoms with E-state index in [9.17, 15) is 0 Å². The van der Waals surface area contributed by atoms with Gasteiger partial charge in [0.05, 0.1) is 17.0 Å². The van der Waals surface area contributed by atoms with E-state index in [1.807, 2.05) is 66.7 Å². The molecule has 0 bridgehead atoms. The Bertz CT molecular complexity index is 1470. The molecule has 0 saturated carbocycles. The number of rotatable bonds is 5. The molecule has 32 heavy (non-hydrogen) atoms. The van der Waals surface area contributed by atoms with Crippen LogP contribution in [0.5, 0.6) is 0 Å². The van der Waals surface area contributed by atoms with Crippen LogP contribution in [0.1, 0.15) is 29.5 Å². The van der Waals surface area contributed by atoms with E-state index in [2.05, 4.69) is 28.0 Å². The van der Waals surface area contributed by atoms with E-state index in [0.717, 1.165) is 38.7 Å². The average molecular weight is 422 g/mol. The lowest BCUT2D eigenvalue weighted by atomic mass is 9.89. The van der Waals surface area contributed by atoms with E-state index in [-0.39, 0.29) is 5.92 Å². The summed E-state index contributed by atoms with van der Waals surface area (Å²) in [6.45, 7) is 2.07. The molecule has 0 aliphatic carbocycles.